The van der Waals surface area contributed by atoms with E-state index in [-0.39, 0.29) is 0 Å². The largest absolute Gasteiger partial charge is 0.136 e. The highest BCUT2D eigenvalue weighted by molar-refractivity contribution is 9.10. The minimum absolute atomic E-state index is 1.16. The second kappa shape index (κ2) is 4.49. The quantitative estimate of drug-likeness (QED) is 0.686. The fourth-order valence-electron chi connectivity index (χ4n) is 0.796. The van der Waals surface area contributed by atoms with Crippen LogP contribution in [0.1, 0.15) is 0 Å². The number of halogens is 2. The molecule has 0 amide bonds. The van der Waals surface area contributed by atoms with E-state index in [1.807, 2.05) is 0 Å². The summed E-state index contributed by atoms with van der Waals surface area (Å²) in [5.41, 5.74) is 0. The molecule has 2 rings (SSSR count). The van der Waals surface area contributed by atoms with Crippen molar-refractivity contribution >= 4 is 66.3 Å². The summed E-state index contributed by atoms with van der Waals surface area (Å²) in [4.78, 5) is 0. The second-order valence-corrected chi connectivity index (χ2v) is 7.52. The van der Waals surface area contributed by atoms with Gasteiger partial charge in [0.15, 0.2) is 0 Å². The first-order chi connectivity index (χ1) is 6.24. The average molecular weight is 356 g/mol. The average Bonchev–Trinajstić information content (AvgIpc) is 2.62. The van der Waals surface area contributed by atoms with Crippen LogP contribution in [0.5, 0.6) is 0 Å². The molecule has 0 bridgehead atoms. The van der Waals surface area contributed by atoms with Crippen molar-refractivity contribution in [1.82, 2.24) is 0 Å². The highest BCUT2D eigenvalue weighted by atomic mass is 79.9. The molecule has 0 atom stereocenters. The lowest BCUT2D eigenvalue weighted by molar-refractivity contribution is 1.64. The molecule has 0 aliphatic carbocycles. The SMILES string of the molecule is Brc1csc(Sc2cc(Br)cs2)c1. The van der Waals surface area contributed by atoms with Gasteiger partial charge in [-0.3, -0.25) is 0 Å². The Balaban J connectivity index is 2.14. The van der Waals surface area contributed by atoms with E-state index in [0.717, 1.165) is 8.95 Å². The zero-order valence-electron chi connectivity index (χ0n) is 6.29. The van der Waals surface area contributed by atoms with Gasteiger partial charge in [-0.1, -0.05) is 11.8 Å². The van der Waals surface area contributed by atoms with Gasteiger partial charge >= 0.3 is 0 Å². The summed E-state index contributed by atoms with van der Waals surface area (Å²) >= 11 is 12.2. The smallest absolute Gasteiger partial charge is 0.0666 e. The van der Waals surface area contributed by atoms with E-state index in [2.05, 4.69) is 54.8 Å². The first-order valence-electron chi connectivity index (χ1n) is 3.40. The normalized spacial score (nSPS) is 10.6. The fourth-order valence-corrected chi connectivity index (χ4v) is 5.34. The van der Waals surface area contributed by atoms with Gasteiger partial charge < -0.3 is 0 Å². The van der Waals surface area contributed by atoms with Crippen molar-refractivity contribution in [3.05, 3.63) is 31.8 Å². The molecule has 0 unspecified atom stereocenters. The monoisotopic (exact) mass is 354 g/mol. The first-order valence-corrected chi connectivity index (χ1v) is 7.56. The molecule has 0 nitrogen and oxygen atoms in total. The zero-order valence-corrected chi connectivity index (χ0v) is 11.9. The Hall–Kier alpha value is 0.710. The summed E-state index contributed by atoms with van der Waals surface area (Å²) in [6, 6.07) is 4.28. The summed E-state index contributed by atoms with van der Waals surface area (Å²) in [6.45, 7) is 0. The molecule has 0 saturated carbocycles. The molecule has 13 heavy (non-hydrogen) atoms. The predicted molar refractivity (Wildman–Crippen MR) is 68.2 cm³/mol. The van der Waals surface area contributed by atoms with Crippen LogP contribution < -0.4 is 0 Å². The van der Waals surface area contributed by atoms with Crippen molar-refractivity contribution in [3.63, 3.8) is 0 Å². The Labute approximate surface area is 106 Å². The lowest BCUT2D eigenvalue weighted by atomic mass is 10.7. The van der Waals surface area contributed by atoms with Crippen molar-refractivity contribution in [2.24, 2.45) is 0 Å². The molecule has 0 N–H and O–H groups in total. The molecule has 5 heteroatoms. The summed E-state index contributed by atoms with van der Waals surface area (Å²) in [5, 5.41) is 4.20. The third kappa shape index (κ3) is 2.83. The fraction of sp³-hybridized carbons (Fsp3) is 0. The van der Waals surface area contributed by atoms with E-state index in [9.17, 15) is 0 Å². The Morgan fingerprint density at radius 3 is 1.69 bits per heavy atom. The molecule has 2 heterocycles. The maximum absolute atomic E-state index is 3.44. The van der Waals surface area contributed by atoms with Gasteiger partial charge in [0.2, 0.25) is 0 Å². The van der Waals surface area contributed by atoms with Crippen LogP contribution in [-0.4, -0.2) is 0 Å². The predicted octanol–water partition coefficient (Wildman–Crippen LogP) is 5.49. The van der Waals surface area contributed by atoms with E-state index < -0.39 is 0 Å². The molecule has 0 spiro atoms. The van der Waals surface area contributed by atoms with E-state index in [0.29, 0.717) is 0 Å². The van der Waals surface area contributed by atoms with E-state index in [4.69, 9.17) is 0 Å². The summed E-state index contributed by atoms with van der Waals surface area (Å²) in [5.74, 6) is 0. The van der Waals surface area contributed by atoms with Gasteiger partial charge in [0.1, 0.15) is 0 Å². The Bertz CT molecular complexity index is 367. The first kappa shape index (κ1) is 10.2. The van der Waals surface area contributed by atoms with E-state index in [1.54, 1.807) is 34.4 Å². The third-order valence-corrected chi connectivity index (χ3v) is 5.97. The summed E-state index contributed by atoms with van der Waals surface area (Å²) in [6.07, 6.45) is 0. The zero-order chi connectivity index (χ0) is 9.26. The molecule has 0 aliphatic rings. The van der Waals surface area contributed by atoms with Crippen molar-refractivity contribution < 1.29 is 0 Å². The van der Waals surface area contributed by atoms with Gasteiger partial charge in [-0.15, -0.1) is 22.7 Å². The van der Waals surface area contributed by atoms with E-state index in [1.165, 1.54) is 8.42 Å². The van der Waals surface area contributed by atoms with Crippen LogP contribution in [0.4, 0.5) is 0 Å². The highest BCUT2D eigenvalue weighted by Gasteiger charge is 2.02. The summed E-state index contributed by atoms with van der Waals surface area (Å²) in [7, 11) is 0. The molecule has 0 radical (unpaired) electrons. The standard InChI is InChI=1S/C8H4Br2S3/c9-5-1-7(11-3-5)13-8-2-6(10)4-12-8/h1-4H. The number of hydrogen-bond acceptors (Lipinski definition) is 3. The van der Waals surface area contributed by atoms with Crippen LogP contribution in [0.3, 0.4) is 0 Å². The highest BCUT2D eigenvalue weighted by Crippen LogP contribution is 2.38. The molecule has 68 valence electrons. The lowest BCUT2D eigenvalue weighted by Crippen LogP contribution is -1.56. The van der Waals surface area contributed by atoms with Gasteiger partial charge in [-0.2, -0.15) is 0 Å². The van der Waals surface area contributed by atoms with Crippen LogP contribution in [0.25, 0.3) is 0 Å². The van der Waals surface area contributed by atoms with Crippen molar-refractivity contribution in [3.8, 4) is 0 Å². The Kier molecular flexibility index (Phi) is 3.53. The molecule has 0 saturated heterocycles. The van der Waals surface area contributed by atoms with Crippen LogP contribution in [0, 0.1) is 0 Å². The number of hydrogen-bond donors (Lipinski definition) is 0. The molecular weight excluding hydrogens is 352 g/mol. The van der Waals surface area contributed by atoms with Gasteiger partial charge in [0.05, 0.1) is 8.42 Å². The second-order valence-electron chi connectivity index (χ2n) is 2.27. The van der Waals surface area contributed by atoms with Crippen molar-refractivity contribution in [2.45, 2.75) is 8.42 Å². The van der Waals surface area contributed by atoms with Crippen LogP contribution >= 0.6 is 66.3 Å². The van der Waals surface area contributed by atoms with Gasteiger partial charge in [0, 0.05) is 19.7 Å². The minimum Gasteiger partial charge on any atom is -0.136 e. The van der Waals surface area contributed by atoms with Crippen molar-refractivity contribution in [2.75, 3.05) is 0 Å². The lowest BCUT2D eigenvalue weighted by Gasteiger charge is -1.89. The molecular formula is C8H4Br2S3. The van der Waals surface area contributed by atoms with Gasteiger partial charge in [-0.05, 0) is 44.0 Å². The minimum atomic E-state index is 1.16. The van der Waals surface area contributed by atoms with Crippen LogP contribution in [-0.2, 0) is 0 Å². The maximum Gasteiger partial charge on any atom is 0.0666 e. The van der Waals surface area contributed by atoms with E-state index >= 15 is 0 Å². The number of thiophene rings is 2. The number of rotatable bonds is 2. The van der Waals surface area contributed by atoms with Crippen molar-refractivity contribution in [1.29, 1.82) is 0 Å². The van der Waals surface area contributed by atoms with Crippen LogP contribution in [0.15, 0.2) is 40.3 Å². The molecule has 2 aromatic rings. The Morgan fingerprint density at radius 2 is 1.38 bits per heavy atom. The topological polar surface area (TPSA) is 0 Å². The maximum atomic E-state index is 3.44. The Morgan fingerprint density at radius 1 is 0.923 bits per heavy atom. The van der Waals surface area contributed by atoms with Crippen LogP contribution in [0.2, 0.25) is 0 Å². The molecule has 0 aliphatic heterocycles. The molecule has 2 aromatic heterocycles. The van der Waals surface area contributed by atoms with Gasteiger partial charge in [-0.25, -0.2) is 0 Å². The molecule has 0 aromatic carbocycles. The molecule has 0 fully saturated rings. The third-order valence-electron chi connectivity index (χ3n) is 1.29. The summed E-state index contributed by atoms with van der Waals surface area (Å²) < 4.78 is 4.97. The van der Waals surface area contributed by atoms with Gasteiger partial charge in [0.25, 0.3) is 0 Å².